The molecule has 0 spiro atoms. The number of amidine groups is 1. The van der Waals surface area contributed by atoms with Crippen molar-refractivity contribution in [2.24, 2.45) is 5.73 Å². The second-order valence-electron chi connectivity index (χ2n) is 5.22. The van der Waals surface area contributed by atoms with Crippen LogP contribution in [0.5, 0.6) is 5.75 Å². The van der Waals surface area contributed by atoms with E-state index in [2.05, 4.69) is 5.32 Å². The summed E-state index contributed by atoms with van der Waals surface area (Å²) in [4.78, 5) is 23.9. The molecule has 0 unspecified atom stereocenters. The molecule has 0 amide bonds. The number of hydrogen-bond donors (Lipinski definition) is 4. The van der Waals surface area contributed by atoms with Gasteiger partial charge in [-0.25, -0.2) is 9.59 Å². The number of phenols is 1. The van der Waals surface area contributed by atoms with Crippen molar-refractivity contribution >= 4 is 29.5 Å². The number of thioether (sulfide) groups is 1. The zero-order chi connectivity index (χ0) is 17.5. The number of nitrogens with one attached hydrogen (secondary N) is 2. The highest BCUT2D eigenvalue weighted by atomic mass is 32.2. The number of esters is 2. The lowest BCUT2D eigenvalue weighted by Crippen LogP contribution is -2.49. The molecule has 0 saturated carbocycles. The summed E-state index contributed by atoms with van der Waals surface area (Å²) in [6.45, 7) is 3.71. The second kappa shape index (κ2) is 9.91. The maximum Gasteiger partial charge on any atom is 0.349 e. The van der Waals surface area contributed by atoms with E-state index >= 15 is 0 Å². The number of para-hydroxylation sites is 1. The molecule has 0 radical (unpaired) electrons. The third-order valence-corrected chi connectivity index (χ3v) is 4.11. The normalized spacial score (nSPS) is 12.5. The van der Waals surface area contributed by atoms with Crippen LogP contribution >= 0.6 is 11.8 Å². The van der Waals surface area contributed by atoms with Crippen molar-refractivity contribution in [3.8, 4) is 5.75 Å². The molecular formula is C15H23N3O5S. The predicted molar refractivity (Wildman–Crippen MR) is 93.5 cm³/mol. The minimum absolute atomic E-state index is 0. The highest BCUT2D eigenvalue weighted by Gasteiger charge is 2.32. The topological polar surface area (TPSA) is 157 Å². The number of carbonyl (C=O) groups excluding carboxylic acids is 2. The number of carbonyl (C=O) groups is 2. The molecule has 0 aliphatic heterocycles. The molecule has 0 bridgehead atoms. The van der Waals surface area contributed by atoms with Crippen molar-refractivity contribution in [2.45, 2.75) is 19.4 Å². The van der Waals surface area contributed by atoms with Crippen LogP contribution in [-0.4, -0.2) is 51.9 Å². The van der Waals surface area contributed by atoms with Gasteiger partial charge in [-0.1, -0.05) is 12.1 Å². The quantitative estimate of drug-likeness (QED) is 0.179. The van der Waals surface area contributed by atoms with Gasteiger partial charge in [-0.2, -0.15) is 11.8 Å². The standard InChI is InChI=1S/C15H21N3O4S.H2O/c1-10(16)18-7-8-23-9-15(2,17)14(21)22-13(20)11-5-3-4-6-12(11)19;/h3-6,19H,7-9,17H2,1-2H3,(H2,16,18);1H2/t15-;/m0./s1. The van der Waals surface area contributed by atoms with Crippen LogP contribution in [0.2, 0.25) is 0 Å². The fourth-order valence-corrected chi connectivity index (χ4v) is 2.49. The van der Waals surface area contributed by atoms with Crippen molar-refractivity contribution in [1.29, 1.82) is 5.41 Å². The second-order valence-corrected chi connectivity index (χ2v) is 6.32. The summed E-state index contributed by atoms with van der Waals surface area (Å²) in [6.07, 6.45) is 0. The molecule has 134 valence electrons. The molecule has 0 fully saturated rings. The van der Waals surface area contributed by atoms with Crippen LogP contribution in [0.3, 0.4) is 0 Å². The molecule has 0 aliphatic carbocycles. The lowest BCUT2D eigenvalue weighted by molar-refractivity contribution is -0.142. The molecule has 9 heteroatoms. The molecule has 1 rings (SSSR count). The minimum Gasteiger partial charge on any atom is -0.507 e. The summed E-state index contributed by atoms with van der Waals surface area (Å²) in [5.74, 6) is -0.756. The van der Waals surface area contributed by atoms with E-state index in [0.717, 1.165) is 0 Å². The van der Waals surface area contributed by atoms with E-state index < -0.39 is 17.5 Å². The first-order valence-electron chi connectivity index (χ1n) is 6.94. The number of aromatic hydroxyl groups is 1. The van der Waals surface area contributed by atoms with Gasteiger partial charge in [0, 0.05) is 18.1 Å². The Labute approximate surface area is 144 Å². The predicted octanol–water partition coefficient (Wildman–Crippen LogP) is 0.288. The molecule has 1 atom stereocenters. The van der Waals surface area contributed by atoms with E-state index in [4.69, 9.17) is 15.9 Å². The van der Waals surface area contributed by atoms with Crippen molar-refractivity contribution in [2.75, 3.05) is 18.1 Å². The van der Waals surface area contributed by atoms with Gasteiger partial charge in [-0.05, 0) is 26.0 Å². The monoisotopic (exact) mass is 357 g/mol. The van der Waals surface area contributed by atoms with Gasteiger partial charge in [0.25, 0.3) is 0 Å². The molecule has 1 aromatic rings. The van der Waals surface area contributed by atoms with Crippen molar-refractivity contribution < 1.29 is 24.9 Å². The highest BCUT2D eigenvalue weighted by molar-refractivity contribution is 7.99. The summed E-state index contributed by atoms with van der Waals surface area (Å²) in [5.41, 5.74) is 4.48. The largest absolute Gasteiger partial charge is 0.507 e. The smallest absolute Gasteiger partial charge is 0.349 e. The number of benzene rings is 1. The summed E-state index contributed by atoms with van der Waals surface area (Å²) in [5, 5.41) is 19.6. The maximum atomic E-state index is 12.0. The first-order valence-corrected chi connectivity index (χ1v) is 8.10. The lowest BCUT2D eigenvalue weighted by Gasteiger charge is -2.21. The first-order chi connectivity index (χ1) is 10.7. The van der Waals surface area contributed by atoms with E-state index in [1.807, 2.05) is 0 Å². The van der Waals surface area contributed by atoms with Gasteiger partial charge in [0.05, 0.1) is 5.84 Å². The molecule has 0 aliphatic rings. The van der Waals surface area contributed by atoms with Crippen LogP contribution in [0.15, 0.2) is 24.3 Å². The van der Waals surface area contributed by atoms with Crippen molar-refractivity contribution in [3.63, 3.8) is 0 Å². The third-order valence-electron chi connectivity index (χ3n) is 2.81. The Bertz CT molecular complexity index is 592. The van der Waals surface area contributed by atoms with E-state index in [0.29, 0.717) is 18.1 Å². The minimum atomic E-state index is -1.33. The molecular weight excluding hydrogens is 334 g/mol. The van der Waals surface area contributed by atoms with E-state index in [1.165, 1.54) is 30.8 Å². The molecule has 0 saturated heterocycles. The zero-order valence-electron chi connectivity index (χ0n) is 13.6. The third kappa shape index (κ3) is 6.99. The number of nitrogens with two attached hydrogens (primary N) is 1. The Kier molecular flexibility index (Phi) is 9.04. The lowest BCUT2D eigenvalue weighted by atomic mass is 10.1. The maximum absolute atomic E-state index is 12.0. The van der Waals surface area contributed by atoms with Gasteiger partial charge in [-0.15, -0.1) is 0 Å². The van der Waals surface area contributed by atoms with Crippen LogP contribution in [0.25, 0.3) is 0 Å². The number of phenolic OH excluding ortho intramolecular Hbond substituents is 1. The summed E-state index contributed by atoms with van der Waals surface area (Å²) >= 11 is 1.41. The Morgan fingerprint density at radius 3 is 2.62 bits per heavy atom. The fraction of sp³-hybridized carbons (Fsp3) is 0.400. The first kappa shape index (κ1) is 21.9. The molecule has 1 aromatic carbocycles. The van der Waals surface area contributed by atoms with E-state index in [9.17, 15) is 14.7 Å². The molecule has 0 aromatic heterocycles. The Balaban J connectivity index is 0.00000529. The van der Waals surface area contributed by atoms with Crippen LogP contribution in [0.4, 0.5) is 0 Å². The van der Waals surface area contributed by atoms with Gasteiger partial charge in [-0.3, -0.25) is 5.41 Å². The van der Waals surface area contributed by atoms with Crippen LogP contribution < -0.4 is 11.1 Å². The van der Waals surface area contributed by atoms with Crippen LogP contribution in [0, 0.1) is 5.41 Å². The highest BCUT2D eigenvalue weighted by Crippen LogP contribution is 2.18. The Morgan fingerprint density at radius 1 is 1.42 bits per heavy atom. The molecule has 8 nitrogen and oxygen atoms in total. The molecule has 0 heterocycles. The van der Waals surface area contributed by atoms with Crippen molar-refractivity contribution in [1.82, 2.24) is 5.32 Å². The molecule has 7 N–H and O–H groups in total. The number of hydrogen-bond acceptors (Lipinski definition) is 7. The van der Waals surface area contributed by atoms with Gasteiger partial charge in [0.15, 0.2) is 0 Å². The van der Waals surface area contributed by atoms with Gasteiger partial charge >= 0.3 is 11.9 Å². The van der Waals surface area contributed by atoms with Gasteiger partial charge in [0.2, 0.25) is 0 Å². The summed E-state index contributed by atoms with van der Waals surface area (Å²) in [7, 11) is 0. The van der Waals surface area contributed by atoms with Gasteiger partial charge < -0.3 is 26.4 Å². The van der Waals surface area contributed by atoms with Gasteiger partial charge in [0.1, 0.15) is 16.9 Å². The number of rotatable bonds is 7. The summed E-state index contributed by atoms with van der Waals surface area (Å²) < 4.78 is 4.75. The average molecular weight is 357 g/mol. The SMILES string of the molecule is CC(=N)NCCSC[C@](C)(N)C(=O)OC(=O)c1ccccc1O.O. The zero-order valence-corrected chi connectivity index (χ0v) is 14.4. The van der Waals surface area contributed by atoms with Crippen LogP contribution in [-0.2, 0) is 9.53 Å². The summed E-state index contributed by atoms with van der Waals surface area (Å²) in [6, 6.07) is 5.80. The van der Waals surface area contributed by atoms with E-state index in [1.54, 1.807) is 19.1 Å². The average Bonchev–Trinajstić information content (AvgIpc) is 2.46. The Morgan fingerprint density at radius 2 is 2.04 bits per heavy atom. The number of ether oxygens (including phenoxy) is 1. The fourth-order valence-electron chi connectivity index (χ4n) is 1.56. The van der Waals surface area contributed by atoms with Crippen molar-refractivity contribution in [3.05, 3.63) is 29.8 Å². The van der Waals surface area contributed by atoms with Crippen LogP contribution in [0.1, 0.15) is 24.2 Å². The molecule has 24 heavy (non-hydrogen) atoms. The van der Waals surface area contributed by atoms with E-state index in [-0.39, 0.29) is 22.5 Å². The Hall–Kier alpha value is -2.10.